The molecule has 2 aromatic rings. The zero-order chi connectivity index (χ0) is 16.8. The molecule has 2 bridgehead atoms. The number of hydrogen-bond acceptors (Lipinski definition) is 5. The molecule has 1 aliphatic carbocycles. The highest BCUT2D eigenvalue weighted by Crippen LogP contribution is 2.42. The van der Waals surface area contributed by atoms with Crippen molar-refractivity contribution in [2.45, 2.75) is 42.7 Å². The molecule has 1 saturated carbocycles. The second kappa shape index (κ2) is 6.29. The first-order chi connectivity index (χ1) is 12.2. The van der Waals surface area contributed by atoms with Crippen LogP contribution in [0.5, 0.6) is 0 Å². The van der Waals surface area contributed by atoms with Gasteiger partial charge in [0.05, 0.1) is 5.69 Å². The number of anilines is 2. The fraction of sp³-hybridized carbons (Fsp3) is 0.500. The zero-order valence-electron chi connectivity index (χ0n) is 14.6. The Kier molecular flexibility index (Phi) is 3.94. The van der Waals surface area contributed by atoms with Gasteiger partial charge in [-0.05, 0) is 54.7 Å². The van der Waals surface area contributed by atoms with E-state index in [1.54, 1.807) is 24.2 Å². The first kappa shape index (κ1) is 15.6. The molecule has 0 radical (unpaired) electrons. The van der Waals surface area contributed by atoms with Crippen LogP contribution in [0.25, 0.3) is 0 Å². The second-order valence-corrected chi connectivity index (χ2v) is 9.04. The Morgan fingerprint density at radius 2 is 1.92 bits per heavy atom. The van der Waals surface area contributed by atoms with Crippen LogP contribution in [0.2, 0.25) is 0 Å². The smallest absolute Gasteiger partial charge is 0.163 e. The Morgan fingerprint density at radius 3 is 2.76 bits per heavy atom. The molecule has 1 N–H and O–H groups in total. The van der Waals surface area contributed by atoms with Crippen molar-refractivity contribution in [2.75, 3.05) is 18.4 Å². The van der Waals surface area contributed by atoms with E-state index in [0.29, 0.717) is 0 Å². The summed E-state index contributed by atoms with van der Waals surface area (Å²) in [5.41, 5.74) is 2.56. The average Bonchev–Trinajstić information content (AvgIpc) is 2.59. The summed E-state index contributed by atoms with van der Waals surface area (Å²) in [4.78, 5) is 12.7. The van der Waals surface area contributed by atoms with Crippen LogP contribution >= 0.6 is 11.8 Å². The van der Waals surface area contributed by atoms with Crippen LogP contribution < -0.4 is 5.32 Å². The van der Waals surface area contributed by atoms with Gasteiger partial charge in [-0.15, -0.1) is 0 Å². The maximum atomic E-state index is 4.40. The molecule has 5 heteroatoms. The molecule has 2 aliphatic heterocycles. The molecular weight excluding hydrogens is 328 g/mol. The molecule has 1 saturated heterocycles. The molecule has 2 unspecified atom stereocenters. The van der Waals surface area contributed by atoms with E-state index in [-0.39, 0.29) is 0 Å². The fourth-order valence-electron chi connectivity index (χ4n) is 4.97. The number of fused-ring (bicyclic) bond motifs is 4. The fourth-order valence-corrected chi connectivity index (χ4v) is 5.85. The van der Waals surface area contributed by atoms with Gasteiger partial charge in [0, 0.05) is 36.9 Å². The molecule has 0 amide bonds. The van der Waals surface area contributed by atoms with Crippen LogP contribution in [0, 0.1) is 17.8 Å². The van der Waals surface area contributed by atoms with Crippen molar-refractivity contribution in [3.63, 3.8) is 0 Å². The largest absolute Gasteiger partial charge is 0.337 e. The number of rotatable bonds is 2. The van der Waals surface area contributed by atoms with Gasteiger partial charge in [-0.3, -0.25) is 4.90 Å². The number of piperidine rings is 1. The zero-order valence-corrected chi connectivity index (χ0v) is 15.4. The van der Waals surface area contributed by atoms with Gasteiger partial charge in [0.2, 0.25) is 0 Å². The van der Waals surface area contributed by atoms with E-state index in [2.05, 4.69) is 45.3 Å². The molecule has 5 rings (SSSR count). The first-order valence-electron chi connectivity index (χ1n) is 9.34. The van der Waals surface area contributed by atoms with Crippen molar-refractivity contribution in [2.24, 2.45) is 17.8 Å². The minimum absolute atomic E-state index is 0.874. The SMILES string of the molecule is CC1CC2CC(C1)CN(Cc1ccc3c(c1)Nc1nccnc1S3)C2. The van der Waals surface area contributed by atoms with Crippen molar-refractivity contribution < 1.29 is 0 Å². The number of nitrogens with zero attached hydrogens (tertiary/aromatic N) is 3. The summed E-state index contributed by atoms with van der Waals surface area (Å²) in [6, 6.07) is 6.81. The molecule has 1 aromatic carbocycles. The molecule has 130 valence electrons. The Bertz CT molecular complexity index is 775. The molecule has 2 fully saturated rings. The summed E-state index contributed by atoms with van der Waals surface area (Å²) in [6.07, 6.45) is 7.80. The van der Waals surface area contributed by atoms with Crippen molar-refractivity contribution in [1.82, 2.24) is 14.9 Å². The molecular formula is C20H24N4S. The first-order valence-corrected chi connectivity index (χ1v) is 10.2. The van der Waals surface area contributed by atoms with Gasteiger partial charge in [0.25, 0.3) is 0 Å². The van der Waals surface area contributed by atoms with Crippen molar-refractivity contribution >= 4 is 23.3 Å². The van der Waals surface area contributed by atoms with E-state index < -0.39 is 0 Å². The third-order valence-electron chi connectivity index (χ3n) is 5.75. The lowest BCUT2D eigenvalue weighted by Gasteiger charge is -2.43. The van der Waals surface area contributed by atoms with E-state index in [4.69, 9.17) is 0 Å². The van der Waals surface area contributed by atoms with E-state index >= 15 is 0 Å². The van der Waals surface area contributed by atoms with Gasteiger partial charge < -0.3 is 5.32 Å². The molecule has 25 heavy (non-hydrogen) atoms. The number of nitrogens with one attached hydrogen (secondary N) is 1. The molecule has 2 atom stereocenters. The van der Waals surface area contributed by atoms with Crippen LogP contribution in [0.1, 0.15) is 31.7 Å². The summed E-state index contributed by atoms with van der Waals surface area (Å²) in [6.45, 7) is 6.04. The van der Waals surface area contributed by atoms with Gasteiger partial charge in [-0.25, -0.2) is 9.97 Å². The normalized spacial score (nSPS) is 28.0. The summed E-state index contributed by atoms with van der Waals surface area (Å²) >= 11 is 1.70. The van der Waals surface area contributed by atoms with Crippen LogP contribution in [0.3, 0.4) is 0 Å². The summed E-state index contributed by atoms with van der Waals surface area (Å²) in [7, 11) is 0. The number of likely N-dealkylation sites (tertiary alicyclic amines) is 1. The average molecular weight is 353 g/mol. The highest BCUT2D eigenvalue weighted by molar-refractivity contribution is 7.99. The van der Waals surface area contributed by atoms with Gasteiger partial charge in [-0.1, -0.05) is 24.8 Å². The molecule has 0 spiro atoms. The monoisotopic (exact) mass is 352 g/mol. The Balaban J connectivity index is 1.32. The maximum absolute atomic E-state index is 4.40. The van der Waals surface area contributed by atoms with Crippen LogP contribution in [0.15, 0.2) is 40.5 Å². The number of aromatic nitrogens is 2. The molecule has 1 aromatic heterocycles. The van der Waals surface area contributed by atoms with Crippen molar-refractivity contribution in [3.05, 3.63) is 36.2 Å². The minimum Gasteiger partial charge on any atom is -0.337 e. The maximum Gasteiger partial charge on any atom is 0.163 e. The summed E-state index contributed by atoms with van der Waals surface area (Å²) in [5.74, 6) is 3.63. The highest BCUT2D eigenvalue weighted by Gasteiger charge is 2.33. The minimum atomic E-state index is 0.874. The Hall–Kier alpha value is -1.59. The van der Waals surface area contributed by atoms with E-state index in [0.717, 1.165) is 35.1 Å². The lowest BCUT2D eigenvalue weighted by Crippen LogP contribution is -2.43. The summed E-state index contributed by atoms with van der Waals surface area (Å²) in [5, 5.41) is 4.41. The molecule has 3 aliphatic rings. The Labute approximate surface area is 153 Å². The van der Waals surface area contributed by atoms with Crippen LogP contribution in [0.4, 0.5) is 11.5 Å². The van der Waals surface area contributed by atoms with Crippen molar-refractivity contribution in [1.29, 1.82) is 0 Å². The van der Waals surface area contributed by atoms with Gasteiger partial charge in [0.1, 0.15) is 5.03 Å². The van der Waals surface area contributed by atoms with Gasteiger partial charge in [0.15, 0.2) is 5.82 Å². The molecule has 3 heterocycles. The predicted octanol–water partition coefficient (Wildman–Crippen LogP) is 4.55. The molecule has 4 nitrogen and oxygen atoms in total. The van der Waals surface area contributed by atoms with E-state index in [1.165, 1.54) is 48.5 Å². The van der Waals surface area contributed by atoms with E-state index in [1.807, 2.05) is 0 Å². The van der Waals surface area contributed by atoms with Gasteiger partial charge >= 0.3 is 0 Å². The quantitative estimate of drug-likeness (QED) is 0.732. The lowest BCUT2D eigenvalue weighted by atomic mass is 9.73. The number of benzene rings is 1. The van der Waals surface area contributed by atoms with Crippen LogP contribution in [-0.4, -0.2) is 28.0 Å². The standard InChI is InChI=1S/C20H24N4S/c1-13-6-15-8-16(7-13)12-24(11-15)10-14-2-3-18-17(9-14)23-19-20(25-18)22-5-4-21-19/h2-5,9,13,15-16H,6-8,10-12H2,1H3,(H,21,23). The van der Waals surface area contributed by atoms with Gasteiger partial charge in [-0.2, -0.15) is 0 Å². The van der Waals surface area contributed by atoms with E-state index in [9.17, 15) is 0 Å². The third-order valence-corrected chi connectivity index (χ3v) is 6.81. The lowest BCUT2D eigenvalue weighted by molar-refractivity contribution is 0.0583. The highest BCUT2D eigenvalue weighted by atomic mass is 32.2. The summed E-state index contributed by atoms with van der Waals surface area (Å²) < 4.78 is 0. The number of hydrogen-bond donors (Lipinski definition) is 1. The predicted molar refractivity (Wildman–Crippen MR) is 101 cm³/mol. The Morgan fingerprint density at radius 1 is 1.12 bits per heavy atom. The second-order valence-electron chi connectivity index (χ2n) is 8.01. The third kappa shape index (κ3) is 3.15. The van der Waals surface area contributed by atoms with Crippen molar-refractivity contribution in [3.8, 4) is 0 Å². The van der Waals surface area contributed by atoms with Crippen LogP contribution in [-0.2, 0) is 6.54 Å². The topological polar surface area (TPSA) is 41.0 Å².